The minimum atomic E-state index is -0.452. The molecular formula is C21H21BrN2O3S. The molecule has 1 amide bonds. The molecule has 0 unspecified atom stereocenters. The van der Waals surface area contributed by atoms with E-state index in [0.717, 1.165) is 31.3 Å². The van der Waals surface area contributed by atoms with Crippen LogP contribution in [0.25, 0.3) is 16.3 Å². The average molecular weight is 461 g/mol. The van der Waals surface area contributed by atoms with Crippen molar-refractivity contribution in [3.05, 3.63) is 63.1 Å². The fraction of sp³-hybridized carbons (Fsp3) is 0.238. The van der Waals surface area contributed by atoms with Gasteiger partial charge >= 0.3 is 5.97 Å². The third kappa shape index (κ3) is 4.36. The maximum absolute atomic E-state index is 11.8. The molecule has 7 heteroatoms. The van der Waals surface area contributed by atoms with E-state index in [-0.39, 0.29) is 5.97 Å². The van der Waals surface area contributed by atoms with Crippen LogP contribution in [0.1, 0.15) is 35.0 Å². The summed E-state index contributed by atoms with van der Waals surface area (Å²) in [6, 6.07) is 13.6. The molecule has 0 radical (unpaired) electrons. The zero-order chi connectivity index (χ0) is 20.3. The zero-order valence-corrected chi connectivity index (χ0v) is 18.1. The van der Waals surface area contributed by atoms with Gasteiger partial charge in [-0.05, 0) is 84.2 Å². The number of nitrogens with two attached hydrogens (primary N) is 1. The molecule has 0 saturated heterocycles. The van der Waals surface area contributed by atoms with E-state index in [9.17, 15) is 9.59 Å². The largest absolute Gasteiger partial charge is 0.466 e. The van der Waals surface area contributed by atoms with Gasteiger partial charge in [-0.2, -0.15) is 0 Å². The highest BCUT2D eigenvalue weighted by atomic mass is 79.9. The molecule has 3 aromatic rings. The Bertz CT molecular complexity index is 1020. The summed E-state index contributed by atoms with van der Waals surface area (Å²) in [5, 5.41) is 0. The van der Waals surface area contributed by atoms with Crippen LogP contribution in [0.5, 0.6) is 0 Å². The number of carbonyl (C=O) groups is 2. The molecule has 0 aliphatic rings. The Labute approximate surface area is 176 Å². The molecular weight excluding hydrogens is 440 g/mol. The van der Waals surface area contributed by atoms with Crippen molar-refractivity contribution >= 4 is 39.1 Å². The van der Waals surface area contributed by atoms with Crippen molar-refractivity contribution < 1.29 is 14.3 Å². The molecule has 0 saturated carbocycles. The second-order valence-corrected chi connectivity index (χ2v) is 8.78. The van der Waals surface area contributed by atoms with Gasteiger partial charge in [0.2, 0.25) is 5.91 Å². The first-order valence-electron chi connectivity index (χ1n) is 8.93. The van der Waals surface area contributed by atoms with E-state index in [1.165, 1.54) is 0 Å². The number of halogens is 1. The van der Waals surface area contributed by atoms with Crippen molar-refractivity contribution in [2.75, 3.05) is 6.61 Å². The van der Waals surface area contributed by atoms with Gasteiger partial charge in [-0.3, -0.25) is 9.59 Å². The topological polar surface area (TPSA) is 74.3 Å². The number of thiophene rings is 1. The summed E-state index contributed by atoms with van der Waals surface area (Å²) in [7, 11) is 0. The second kappa shape index (κ2) is 8.75. The summed E-state index contributed by atoms with van der Waals surface area (Å²) in [5.74, 6) is -0.663. The quantitative estimate of drug-likeness (QED) is 0.510. The number of aryl methyl sites for hydroxylation is 2. The molecule has 0 aliphatic carbocycles. The lowest BCUT2D eigenvalue weighted by atomic mass is 10.1. The Hall–Kier alpha value is -2.38. The van der Waals surface area contributed by atoms with Crippen LogP contribution in [0.3, 0.4) is 0 Å². The van der Waals surface area contributed by atoms with Crippen molar-refractivity contribution in [2.24, 2.45) is 5.73 Å². The predicted molar refractivity (Wildman–Crippen MR) is 115 cm³/mol. The van der Waals surface area contributed by atoms with Crippen LogP contribution in [0.15, 0.2) is 46.3 Å². The number of hydrogen-bond donors (Lipinski definition) is 1. The summed E-state index contributed by atoms with van der Waals surface area (Å²) in [6.45, 7) is 4.13. The zero-order valence-electron chi connectivity index (χ0n) is 15.7. The van der Waals surface area contributed by atoms with Crippen LogP contribution < -0.4 is 5.73 Å². The van der Waals surface area contributed by atoms with E-state index >= 15 is 0 Å². The normalized spacial score (nSPS) is 10.8. The fourth-order valence-corrected chi connectivity index (χ4v) is 4.53. The van der Waals surface area contributed by atoms with Crippen LogP contribution in [0, 0.1) is 6.92 Å². The molecule has 2 aromatic heterocycles. The second-order valence-electron chi connectivity index (χ2n) is 6.32. The summed E-state index contributed by atoms with van der Waals surface area (Å²) >= 11 is 5.16. The molecule has 146 valence electrons. The summed E-state index contributed by atoms with van der Waals surface area (Å²) in [5.41, 5.74) is 9.81. The molecule has 28 heavy (non-hydrogen) atoms. The molecule has 0 fully saturated rings. The van der Waals surface area contributed by atoms with Crippen LogP contribution >= 0.6 is 27.3 Å². The summed E-state index contributed by atoms with van der Waals surface area (Å²) < 4.78 is 8.25. The van der Waals surface area contributed by atoms with Crippen LogP contribution in [-0.2, 0) is 16.0 Å². The Balaban J connectivity index is 2.06. The highest BCUT2D eigenvalue weighted by molar-refractivity contribution is 9.11. The van der Waals surface area contributed by atoms with Gasteiger partial charge in [0.25, 0.3) is 0 Å². The van der Waals surface area contributed by atoms with Gasteiger partial charge in [0.1, 0.15) is 0 Å². The lowest BCUT2D eigenvalue weighted by molar-refractivity contribution is -0.143. The van der Waals surface area contributed by atoms with Gasteiger partial charge in [-0.15, -0.1) is 11.3 Å². The molecule has 0 atom stereocenters. The van der Waals surface area contributed by atoms with E-state index in [0.29, 0.717) is 25.0 Å². The summed E-state index contributed by atoms with van der Waals surface area (Å²) in [6.07, 6.45) is 0.867. The minimum absolute atomic E-state index is 0.212. The Morgan fingerprint density at radius 3 is 2.57 bits per heavy atom. The Morgan fingerprint density at radius 1 is 1.18 bits per heavy atom. The lowest BCUT2D eigenvalue weighted by Crippen LogP contribution is -2.12. The number of ether oxygens (including phenoxy) is 1. The van der Waals surface area contributed by atoms with Crippen molar-refractivity contribution in [1.82, 2.24) is 4.57 Å². The number of carbonyl (C=O) groups excluding carboxylic acids is 2. The summed E-state index contributed by atoms with van der Waals surface area (Å²) in [4.78, 5) is 24.5. The molecule has 3 rings (SSSR count). The number of hydrogen-bond acceptors (Lipinski definition) is 4. The van der Waals surface area contributed by atoms with E-state index < -0.39 is 5.91 Å². The van der Waals surface area contributed by atoms with Gasteiger partial charge in [0.15, 0.2) is 0 Å². The van der Waals surface area contributed by atoms with Gasteiger partial charge in [0, 0.05) is 16.9 Å². The number of aromatic nitrogens is 1. The smallest absolute Gasteiger partial charge is 0.306 e. The number of benzene rings is 1. The SMILES string of the molecule is CCOC(=O)CCc1ccc(-c2ccc(Br)s2)n1-c1ccc(C(N)=O)cc1C. The van der Waals surface area contributed by atoms with Crippen LogP contribution in [0.4, 0.5) is 0 Å². The van der Waals surface area contributed by atoms with Crippen molar-refractivity contribution in [3.63, 3.8) is 0 Å². The lowest BCUT2D eigenvalue weighted by Gasteiger charge is -2.16. The van der Waals surface area contributed by atoms with Crippen molar-refractivity contribution in [2.45, 2.75) is 26.7 Å². The third-order valence-electron chi connectivity index (χ3n) is 4.40. The molecule has 0 aliphatic heterocycles. The number of amides is 1. The maximum Gasteiger partial charge on any atom is 0.306 e. The van der Waals surface area contributed by atoms with E-state index in [4.69, 9.17) is 10.5 Å². The van der Waals surface area contributed by atoms with Gasteiger partial charge in [-0.25, -0.2) is 0 Å². The maximum atomic E-state index is 11.8. The van der Waals surface area contributed by atoms with Crippen molar-refractivity contribution in [3.8, 4) is 16.3 Å². The molecule has 1 aromatic carbocycles. The Morgan fingerprint density at radius 2 is 1.96 bits per heavy atom. The van der Waals surface area contributed by atoms with Crippen molar-refractivity contribution in [1.29, 1.82) is 0 Å². The third-order valence-corrected chi connectivity index (χ3v) is 6.05. The molecule has 5 nitrogen and oxygen atoms in total. The molecule has 2 N–H and O–H groups in total. The minimum Gasteiger partial charge on any atom is -0.466 e. The monoisotopic (exact) mass is 460 g/mol. The number of esters is 1. The molecule has 0 bridgehead atoms. The Kier molecular flexibility index (Phi) is 6.36. The number of nitrogens with zero attached hydrogens (tertiary/aromatic N) is 1. The average Bonchev–Trinajstić information content (AvgIpc) is 3.26. The highest BCUT2D eigenvalue weighted by Crippen LogP contribution is 2.35. The van der Waals surface area contributed by atoms with E-state index in [1.807, 2.05) is 25.1 Å². The fourth-order valence-electron chi connectivity index (χ4n) is 3.13. The van der Waals surface area contributed by atoms with E-state index in [1.54, 1.807) is 30.4 Å². The first kappa shape index (κ1) is 20.4. The molecule has 0 spiro atoms. The first-order chi connectivity index (χ1) is 13.4. The van der Waals surface area contributed by atoms with Crippen LogP contribution in [0.2, 0.25) is 0 Å². The van der Waals surface area contributed by atoms with E-state index in [2.05, 4.69) is 32.6 Å². The van der Waals surface area contributed by atoms with Gasteiger partial charge in [0.05, 0.1) is 27.4 Å². The number of primary amides is 1. The molecule has 2 heterocycles. The first-order valence-corrected chi connectivity index (χ1v) is 10.5. The van der Waals surface area contributed by atoms with Crippen LogP contribution in [-0.4, -0.2) is 23.1 Å². The van der Waals surface area contributed by atoms with Gasteiger partial charge in [-0.1, -0.05) is 0 Å². The standard InChI is InChI=1S/C21H21BrN2O3S/c1-3-27-20(25)11-6-15-5-8-17(18-9-10-19(22)28-18)24(15)16-7-4-14(21(23)26)12-13(16)2/h4-5,7-10,12H,3,6,11H2,1-2H3,(H2,23,26). The number of rotatable bonds is 7. The van der Waals surface area contributed by atoms with Gasteiger partial charge < -0.3 is 15.0 Å². The predicted octanol–water partition coefficient (Wildman–Crippen LogP) is 4.87. The highest BCUT2D eigenvalue weighted by Gasteiger charge is 2.17.